The third kappa shape index (κ3) is 9.33. The van der Waals surface area contributed by atoms with Crippen molar-refractivity contribution in [3.63, 3.8) is 0 Å². The van der Waals surface area contributed by atoms with Crippen molar-refractivity contribution in [1.29, 1.82) is 0 Å². The summed E-state index contributed by atoms with van der Waals surface area (Å²) in [5, 5.41) is 7.06. The molecule has 0 unspecified atom stereocenters. The van der Waals surface area contributed by atoms with Gasteiger partial charge in [0.1, 0.15) is 11.5 Å². The second kappa shape index (κ2) is 14.9. The fourth-order valence-corrected chi connectivity index (χ4v) is 3.26. The molecule has 172 valence electrons. The molecule has 7 heteroatoms. The highest BCUT2D eigenvalue weighted by Crippen LogP contribution is 2.25. The van der Waals surface area contributed by atoms with E-state index in [4.69, 9.17) is 21.7 Å². The molecule has 0 saturated heterocycles. The van der Waals surface area contributed by atoms with Crippen LogP contribution in [0.25, 0.3) is 0 Å². The predicted molar refractivity (Wildman–Crippen MR) is 138 cm³/mol. The highest BCUT2D eigenvalue weighted by atomic mass is 35.5. The first kappa shape index (κ1) is 27.0. The van der Waals surface area contributed by atoms with Crippen molar-refractivity contribution in [2.75, 3.05) is 36.9 Å². The second-order valence-corrected chi connectivity index (χ2v) is 7.43. The number of rotatable bonds is 12. The summed E-state index contributed by atoms with van der Waals surface area (Å²) in [7, 11) is 0. The van der Waals surface area contributed by atoms with Crippen LogP contribution < -0.4 is 20.1 Å². The van der Waals surface area contributed by atoms with Crippen molar-refractivity contribution >= 4 is 41.1 Å². The minimum Gasteiger partial charge on any atom is -0.494 e. The van der Waals surface area contributed by atoms with Crippen LogP contribution in [0.3, 0.4) is 0 Å². The summed E-state index contributed by atoms with van der Waals surface area (Å²) in [4.78, 5) is 2.36. The van der Waals surface area contributed by atoms with Crippen LogP contribution in [0, 0.1) is 0 Å². The molecule has 0 aliphatic carbocycles. The van der Waals surface area contributed by atoms with E-state index < -0.39 is 0 Å². The molecule has 0 atom stereocenters. The van der Waals surface area contributed by atoms with Crippen molar-refractivity contribution in [3.05, 3.63) is 48.0 Å². The van der Waals surface area contributed by atoms with Gasteiger partial charge in [-0.25, -0.2) is 0 Å². The molecule has 0 saturated carbocycles. The Balaban J connectivity index is 0.00000480. The van der Waals surface area contributed by atoms with Crippen molar-refractivity contribution in [2.24, 2.45) is 0 Å². The van der Waals surface area contributed by atoms with Crippen molar-refractivity contribution in [3.8, 4) is 11.5 Å². The summed E-state index contributed by atoms with van der Waals surface area (Å²) < 4.78 is 11.5. The Kier molecular flexibility index (Phi) is 13.0. The average molecular weight is 466 g/mol. The number of thiocarbonyl (C=S) groups is 1. The largest absolute Gasteiger partial charge is 0.494 e. The lowest BCUT2D eigenvalue weighted by molar-refractivity contribution is 0.282. The SMILES string of the molecule is CCCCOc1ccc(NC(=S)Nc2ccc(OCC)c(CN(CC)CC)c2)cc1.Cl. The maximum atomic E-state index is 5.81. The summed E-state index contributed by atoms with van der Waals surface area (Å²) in [5.74, 6) is 1.80. The molecule has 0 fully saturated rings. The van der Waals surface area contributed by atoms with Crippen LogP contribution in [0.1, 0.15) is 46.1 Å². The molecule has 2 aromatic rings. The van der Waals surface area contributed by atoms with Crippen LogP contribution in [0.5, 0.6) is 11.5 Å². The van der Waals surface area contributed by atoms with Crippen molar-refractivity contribution in [2.45, 2.75) is 47.1 Å². The molecule has 0 amide bonds. The number of hydrogen-bond donors (Lipinski definition) is 2. The van der Waals surface area contributed by atoms with Gasteiger partial charge in [-0.15, -0.1) is 12.4 Å². The van der Waals surface area contributed by atoms with Crippen LogP contribution in [0.15, 0.2) is 42.5 Å². The van der Waals surface area contributed by atoms with Gasteiger partial charge in [0.2, 0.25) is 0 Å². The second-order valence-electron chi connectivity index (χ2n) is 7.02. The summed E-state index contributed by atoms with van der Waals surface area (Å²) >= 11 is 5.50. The van der Waals surface area contributed by atoms with Crippen molar-refractivity contribution in [1.82, 2.24) is 4.90 Å². The first-order valence-electron chi connectivity index (χ1n) is 10.9. The zero-order valence-electron chi connectivity index (χ0n) is 19.1. The molecular weight excluding hydrogens is 430 g/mol. The lowest BCUT2D eigenvalue weighted by atomic mass is 10.1. The number of anilines is 2. The third-order valence-electron chi connectivity index (χ3n) is 4.79. The summed E-state index contributed by atoms with van der Waals surface area (Å²) in [6.07, 6.45) is 2.19. The van der Waals surface area contributed by atoms with Gasteiger partial charge in [-0.2, -0.15) is 0 Å². The van der Waals surface area contributed by atoms with E-state index in [1.54, 1.807) is 0 Å². The van der Waals surface area contributed by atoms with Gasteiger partial charge in [0.25, 0.3) is 0 Å². The van der Waals surface area contributed by atoms with Gasteiger partial charge in [-0.1, -0.05) is 27.2 Å². The molecule has 0 aromatic heterocycles. The summed E-state index contributed by atoms with van der Waals surface area (Å²) in [6, 6.07) is 14.0. The maximum absolute atomic E-state index is 5.81. The van der Waals surface area contributed by atoms with E-state index in [2.05, 4.69) is 42.4 Å². The molecule has 0 spiro atoms. The zero-order valence-corrected chi connectivity index (χ0v) is 20.7. The molecule has 0 bridgehead atoms. The van der Waals surface area contributed by atoms with E-state index in [0.717, 1.165) is 67.5 Å². The smallest absolute Gasteiger partial charge is 0.175 e. The molecular formula is C24H36ClN3O2S. The molecule has 0 aliphatic heterocycles. The highest BCUT2D eigenvalue weighted by Gasteiger charge is 2.10. The summed E-state index contributed by atoms with van der Waals surface area (Å²) in [5.41, 5.74) is 3.02. The fourth-order valence-electron chi connectivity index (χ4n) is 3.03. The zero-order chi connectivity index (χ0) is 21.8. The molecule has 31 heavy (non-hydrogen) atoms. The molecule has 0 heterocycles. The van der Waals surface area contributed by atoms with Crippen LogP contribution in [0.4, 0.5) is 11.4 Å². The molecule has 0 radical (unpaired) electrons. The molecule has 5 nitrogen and oxygen atoms in total. The monoisotopic (exact) mass is 465 g/mol. The van der Waals surface area contributed by atoms with E-state index in [0.29, 0.717) is 11.7 Å². The number of nitrogens with one attached hydrogen (secondary N) is 2. The Morgan fingerprint density at radius 3 is 2.16 bits per heavy atom. The minimum absolute atomic E-state index is 0. The Bertz CT molecular complexity index is 783. The lowest BCUT2D eigenvalue weighted by Crippen LogP contribution is -2.23. The van der Waals surface area contributed by atoms with E-state index >= 15 is 0 Å². The van der Waals surface area contributed by atoms with Crippen LogP contribution in [0.2, 0.25) is 0 Å². The Labute approximate surface area is 198 Å². The number of unbranched alkanes of at least 4 members (excludes halogenated alkanes) is 1. The van der Waals surface area contributed by atoms with Gasteiger partial charge >= 0.3 is 0 Å². The Morgan fingerprint density at radius 2 is 1.55 bits per heavy atom. The van der Waals surface area contributed by atoms with Gasteiger partial charge in [-0.05, 0) is 81.1 Å². The lowest BCUT2D eigenvalue weighted by Gasteiger charge is -2.21. The first-order chi connectivity index (χ1) is 14.6. The van der Waals surface area contributed by atoms with E-state index in [-0.39, 0.29) is 12.4 Å². The molecule has 2 aromatic carbocycles. The minimum atomic E-state index is 0. The number of halogens is 1. The number of benzene rings is 2. The van der Waals surface area contributed by atoms with Gasteiger partial charge in [0.05, 0.1) is 13.2 Å². The molecule has 2 rings (SSSR count). The van der Waals surface area contributed by atoms with Crippen LogP contribution in [-0.4, -0.2) is 36.3 Å². The van der Waals surface area contributed by atoms with Crippen molar-refractivity contribution < 1.29 is 9.47 Å². The number of ether oxygens (including phenoxy) is 2. The Morgan fingerprint density at radius 1 is 0.903 bits per heavy atom. The first-order valence-corrected chi connectivity index (χ1v) is 11.3. The standard InChI is InChI=1S/C24H35N3O2S.ClH/c1-5-9-16-29-22-13-10-20(11-14-22)25-24(30)26-21-12-15-23(28-8-4)19(17-21)18-27(6-2)7-3;/h10-15,17H,5-9,16,18H2,1-4H3,(H2,25,26,30);1H. The van der Waals surface area contributed by atoms with E-state index in [1.165, 1.54) is 0 Å². The van der Waals surface area contributed by atoms with Crippen LogP contribution >= 0.6 is 24.6 Å². The topological polar surface area (TPSA) is 45.8 Å². The van der Waals surface area contributed by atoms with E-state index in [1.807, 2.05) is 43.3 Å². The maximum Gasteiger partial charge on any atom is 0.175 e. The fraction of sp³-hybridized carbons (Fsp3) is 0.458. The molecule has 2 N–H and O–H groups in total. The normalized spacial score (nSPS) is 10.4. The third-order valence-corrected chi connectivity index (χ3v) is 4.99. The number of nitrogens with zero attached hydrogens (tertiary/aromatic N) is 1. The number of hydrogen-bond acceptors (Lipinski definition) is 4. The Hall–Kier alpha value is -2.02. The highest BCUT2D eigenvalue weighted by molar-refractivity contribution is 7.80. The quantitative estimate of drug-likeness (QED) is 0.282. The van der Waals surface area contributed by atoms with Gasteiger partial charge in [0, 0.05) is 23.5 Å². The predicted octanol–water partition coefficient (Wildman–Crippen LogP) is 6.34. The average Bonchev–Trinajstić information content (AvgIpc) is 2.75. The van der Waals surface area contributed by atoms with E-state index in [9.17, 15) is 0 Å². The summed E-state index contributed by atoms with van der Waals surface area (Å²) in [6.45, 7) is 12.7. The van der Waals surface area contributed by atoms with Gasteiger partial charge < -0.3 is 20.1 Å². The molecule has 0 aliphatic rings. The van der Waals surface area contributed by atoms with Gasteiger partial charge in [0.15, 0.2) is 5.11 Å². The van der Waals surface area contributed by atoms with Crippen LogP contribution in [-0.2, 0) is 6.54 Å². The van der Waals surface area contributed by atoms with Gasteiger partial charge in [-0.3, -0.25) is 4.90 Å².